The maximum Gasteiger partial charge on any atom is 0.166 e. The van der Waals surface area contributed by atoms with Gasteiger partial charge < -0.3 is 0 Å². The van der Waals surface area contributed by atoms with Crippen LogP contribution in [0.1, 0.15) is 6.42 Å². The number of benzene rings is 2. The Morgan fingerprint density at radius 3 is 2.00 bits per heavy atom. The van der Waals surface area contributed by atoms with Crippen LogP contribution in [0.2, 0.25) is 0 Å². The summed E-state index contributed by atoms with van der Waals surface area (Å²) in [5.41, 5.74) is 0. The highest BCUT2D eigenvalue weighted by atomic mass is 32.2. The van der Waals surface area contributed by atoms with E-state index in [1.807, 2.05) is 0 Å². The van der Waals surface area contributed by atoms with Crippen LogP contribution in [-0.2, 0) is 10.9 Å². The van der Waals surface area contributed by atoms with Crippen molar-refractivity contribution < 1.29 is 0 Å². The predicted molar refractivity (Wildman–Crippen MR) is 85.6 cm³/mol. The number of allylic oxidation sites excluding steroid dienone is 4. The maximum atomic E-state index is 2.37. The maximum absolute atomic E-state index is 2.37. The lowest BCUT2D eigenvalue weighted by atomic mass is 10.2. The molecule has 98 valence electrons. The van der Waals surface area contributed by atoms with E-state index < -0.39 is 0 Å². The van der Waals surface area contributed by atoms with Crippen molar-refractivity contribution in [2.24, 2.45) is 11.8 Å². The molecule has 2 aromatic carbocycles. The zero-order chi connectivity index (χ0) is 13.4. The number of hydrogen-bond donors (Lipinski definition) is 0. The van der Waals surface area contributed by atoms with Gasteiger partial charge in [0.2, 0.25) is 0 Å². The number of hydrogen-bond acceptors (Lipinski definition) is 0. The van der Waals surface area contributed by atoms with Gasteiger partial charge in [-0.25, -0.2) is 0 Å². The summed E-state index contributed by atoms with van der Waals surface area (Å²) in [7, 11) is 0.0837. The molecule has 0 radical (unpaired) electrons. The summed E-state index contributed by atoms with van der Waals surface area (Å²) in [6.45, 7) is 0. The van der Waals surface area contributed by atoms with Crippen LogP contribution in [0.25, 0.3) is 0 Å². The molecule has 0 aromatic heterocycles. The molecule has 1 fully saturated rings. The Kier molecular flexibility index (Phi) is 3.00. The van der Waals surface area contributed by atoms with Gasteiger partial charge in [-0.1, -0.05) is 48.6 Å². The molecule has 2 unspecified atom stereocenters. The average Bonchev–Trinajstić information content (AvgIpc) is 3.30. The van der Waals surface area contributed by atoms with Gasteiger partial charge in [0.1, 0.15) is 4.91 Å². The molecule has 20 heavy (non-hydrogen) atoms. The predicted octanol–water partition coefficient (Wildman–Crippen LogP) is 4.81. The molecule has 1 saturated carbocycles. The molecule has 2 aliphatic rings. The molecular formula is C19H17S+. The van der Waals surface area contributed by atoms with E-state index in [1.165, 1.54) is 16.2 Å². The fraction of sp³-hybridized carbons (Fsp3) is 0.158. The lowest BCUT2D eigenvalue weighted by molar-refractivity contribution is 0.960. The van der Waals surface area contributed by atoms with Crippen molar-refractivity contribution in [3.05, 3.63) is 83.8 Å². The van der Waals surface area contributed by atoms with E-state index in [2.05, 4.69) is 78.9 Å². The van der Waals surface area contributed by atoms with Crippen molar-refractivity contribution in [3.63, 3.8) is 0 Å². The Bertz CT molecular complexity index is 615. The van der Waals surface area contributed by atoms with Crippen molar-refractivity contribution in [2.75, 3.05) is 0 Å². The molecule has 0 saturated heterocycles. The lowest BCUT2D eigenvalue weighted by Gasteiger charge is -2.12. The second kappa shape index (κ2) is 4.99. The highest BCUT2D eigenvalue weighted by Crippen LogP contribution is 2.52. The summed E-state index contributed by atoms with van der Waals surface area (Å²) in [6.07, 6.45) is 8.32. The largest absolute Gasteiger partial charge is 0.166 e. The molecule has 4 rings (SSSR count). The molecule has 0 spiro atoms. The van der Waals surface area contributed by atoms with Crippen LogP contribution in [0, 0.1) is 11.8 Å². The third-order valence-electron chi connectivity index (χ3n) is 4.02. The monoisotopic (exact) mass is 277 g/mol. The van der Waals surface area contributed by atoms with Crippen LogP contribution < -0.4 is 0 Å². The van der Waals surface area contributed by atoms with Gasteiger partial charge in [-0.15, -0.1) is 0 Å². The quantitative estimate of drug-likeness (QED) is 0.706. The van der Waals surface area contributed by atoms with Crippen molar-refractivity contribution in [3.8, 4) is 0 Å². The van der Waals surface area contributed by atoms with E-state index in [0.717, 1.165) is 11.8 Å². The summed E-state index contributed by atoms with van der Waals surface area (Å²) in [5.74, 6) is 1.58. The van der Waals surface area contributed by atoms with Crippen molar-refractivity contribution >= 4 is 10.9 Å². The van der Waals surface area contributed by atoms with E-state index in [-0.39, 0.29) is 10.9 Å². The fourth-order valence-electron chi connectivity index (χ4n) is 2.91. The van der Waals surface area contributed by atoms with Gasteiger partial charge in [0.25, 0.3) is 0 Å². The van der Waals surface area contributed by atoms with Gasteiger partial charge >= 0.3 is 0 Å². The second-order valence-electron chi connectivity index (χ2n) is 5.39. The second-order valence-corrected chi connectivity index (χ2v) is 7.42. The topological polar surface area (TPSA) is 0 Å². The first kappa shape index (κ1) is 12.0. The molecule has 2 aromatic rings. The molecule has 2 atom stereocenters. The Hall–Kier alpha value is -1.73. The molecule has 0 amide bonds. The van der Waals surface area contributed by atoms with Crippen LogP contribution in [0.5, 0.6) is 0 Å². The third kappa shape index (κ3) is 2.12. The highest BCUT2D eigenvalue weighted by molar-refractivity contribution is 8.00. The van der Waals surface area contributed by atoms with Gasteiger partial charge in [-0.3, -0.25) is 0 Å². The average molecular weight is 277 g/mol. The van der Waals surface area contributed by atoms with Gasteiger partial charge in [-0.2, -0.15) is 0 Å². The molecule has 0 bridgehead atoms. The van der Waals surface area contributed by atoms with Gasteiger partial charge in [0, 0.05) is 5.92 Å². The summed E-state index contributed by atoms with van der Waals surface area (Å²) in [6, 6.07) is 21.9. The minimum Gasteiger partial charge on any atom is -0.0804 e. The molecule has 1 heteroatoms. The van der Waals surface area contributed by atoms with Crippen LogP contribution >= 0.6 is 0 Å². The van der Waals surface area contributed by atoms with E-state index in [0.29, 0.717) is 0 Å². The third-order valence-corrected chi connectivity index (χ3v) is 6.41. The summed E-state index contributed by atoms with van der Waals surface area (Å²) in [4.78, 5) is 4.49. The molecular weight excluding hydrogens is 260 g/mol. The Labute approximate surface area is 123 Å². The minimum absolute atomic E-state index is 0.0837. The summed E-state index contributed by atoms with van der Waals surface area (Å²) < 4.78 is 0. The Morgan fingerprint density at radius 1 is 0.800 bits per heavy atom. The van der Waals surface area contributed by atoms with Crippen LogP contribution in [0.4, 0.5) is 0 Å². The van der Waals surface area contributed by atoms with E-state index in [1.54, 1.807) is 4.91 Å². The first-order valence-corrected chi connectivity index (χ1v) is 8.39. The van der Waals surface area contributed by atoms with E-state index >= 15 is 0 Å². The highest BCUT2D eigenvalue weighted by Gasteiger charge is 2.48. The Morgan fingerprint density at radius 2 is 1.40 bits per heavy atom. The smallest absolute Gasteiger partial charge is 0.0804 e. The van der Waals surface area contributed by atoms with Crippen molar-refractivity contribution in [1.29, 1.82) is 0 Å². The number of fused-ring (bicyclic) bond motifs is 1. The molecule has 0 heterocycles. The SMILES string of the molecule is C1=CC2CC2C([S+](c2ccccc2)c2ccccc2)=C1. The van der Waals surface area contributed by atoms with Crippen LogP contribution in [-0.4, -0.2) is 0 Å². The first-order valence-electron chi connectivity index (χ1n) is 7.16. The van der Waals surface area contributed by atoms with Gasteiger partial charge in [0.05, 0.1) is 10.9 Å². The lowest BCUT2D eigenvalue weighted by Crippen LogP contribution is -2.10. The zero-order valence-corrected chi connectivity index (χ0v) is 12.1. The Balaban J connectivity index is 1.82. The van der Waals surface area contributed by atoms with E-state index in [4.69, 9.17) is 0 Å². The van der Waals surface area contributed by atoms with Gasteiger partial charge in [-0.05, 0) is 42.7 Å². The molecule has 0 aliphatic heterocycles. The zero-order valence-electron chi connectivity index (χ0n) is 11.3. The van der Waals surface area contributed by atoms with E-state index in [9.17, 15) is 0 Å². The van der Waals surface area contributed by atoms with Crippen molar-refractivity contribution in [2.45, 2.75) is 16.2 Å². The fourth-order valence-corrected chi connectivity index (χ4v) is 5.38. The standard InChI is InChI=1S/C19H17S/c1-3-9-16(10-4-1)20(17-11-5-2-6-12-17)19-13-7-8-15-14-18(15)19/h1-13,15,18H,14H2/q+1. The normalized spacial score (nSPS) is 23.4. The number of rotatable bonds is 3. The summed E-state index contributed by atoms with van der Waals surface area (Å²) in [5, 5.41) is 0. The minimum atomic E-state index is 0.0837. The summed E-state index contributed by atoms with van der Waals surface area (Å²) >= 11 is 0. The molecule has 2 aliphatic carbocycles. The van der Waals surface area contributed by atoms with Crippen LogP contribution in [0.3, 0.4) is 0 Å². The van der Waals surface area contributed by atoms with Crippen molar-refractivity contribution in [1.82, 2.24) is 0 Å². The van der Waals surface area contributed by atoms with Gasteiger partial charge in [0.15, 0.2) is 9.79 Å². The molecule has 0 nitrogen and oxygen atoms in total. The van der Waals surface area contributed by atoms with Crippen LogP contribution in [0.15, 0.2) is 93.6 Å². The molecule has 0 N–H and O–H groups in total. The first-order chi connectivity index (χ1) is 9.93.